The Bertz CT molecular complexity index is 475. The molecule has 1 saturated carbocycles. The maximum absolute atomic E-state index is 11.9. The van der Waals surface area contributed by atoms with E-state index in [1.807, 2.05) is 24.3 Å². The predicted octanol–water partition coefficient (Wildman–Crippen LogP) is 2.59. The Hall–Kier alpha value is -1.36. The molecule has 0 radical (unpaired) electrons. The van der Waals surface area contributed by atoms with E-state index >= 15 is 0 Å². The quantitative estimate of drug-likeness (QED) is 0.870. The Morgan fingerprint density at radius 1 is 1.39 bits per heavy atom. The van der Waals surface area contributed by atoms with Crippen molar-refractivity contribution in [1.29, 1.82) is 0 Å². The van der Waals surface area contributed by atoms with Gasteiger partial charge in [0.1, 0.15) is 0 Å². The third kappa shape index (κ3) is 2.90. The highest BCUT2D eigenvalue weighted by atomic mass is 79.9. The molecule has 1 amide bonds. The van der Waals surface area contributed by atoms with Gasteiger partial charge in [0, 0.05) is 4.47 Å². The molecule has 1 aliphatic rings. The number of nitrogens with one attached hydrogen (secondary N) is 1. The summed E-state index contributed by atoms with van der Waals surface area (Å²) in [6, 6.07) is 7.38. The number of benzene rings is 1. The van der Waals surface area contributed by atoms with Crippen LogP contribution in [0.4, 0.5) is 5.69 Å². The van der Waals surface area contributed by atoms with Gasteiger partial charge < -0.3 is 10.1 Å². The van der Waals surface area contributed by atoms with Gasteiger partial charge in [-0.05, 0) is 41.4 Å². The lowest BCUT2D eigenvalue weighted by Gasteiger charge is -2.06. The number of carbonyl (C=O) groups is 2. The van der Waals surface area contributed by atoms with Gasteiger partial charge in [0.2, 0.25) is 5.91 Å². The van der Waals surface area contributed by atoms with E-state index in [9.17, 15) is 9.59 Å². The van der Waals surface area contributed by atoms with Crippen LogP contribution in [-0.4, -0.2) is 18.5 Å². The summed E-state index contributed by atoms with van der Waals surface area (Å²) >= 11 is 3.36. The lowest BCUT2D eigenvalue weighted by molar-refractivity contribution is -0.145. The van der Waals surface area contributed by atoms with E-state index in [1.165, 1.54) is 0 Å². The summed E-state index contributed by atoms with van der Waals surface area (Å²) in [7, 11) is 0. The third-order valence-corrected chi connectivity index (χ3v) is 3.54. The van der Waals surface area contributed by atoms with E-state index in [1.54, 1.807) is 6.92 Å². The average molecular weight is 312 g/mol. The molecule has 1 aliphatic carbocycles. The van der Waals surface area contributed by atoms with Crippen molar-refractivity contribution in [2.75, 3.05) is 11.9 Å². The number of hydrogen-bond acceptors (Lipinski definition) is 3. The molecule has 1 aromatic carbocycles. The van der Waals surface area contributed by atoms with Gasteiger partial charge in [-0.2, -0.15) is 0 Å². The molecule has 96 valence electrons. The predicted molar refractivity (Wildman–Crippen MR) is 71.0 cm³/mol. The van der Waals surface area contributed by atoms with E-state index in [4.69, 9.17) is 4.74 Å². The van der Waals surface area contributed by atoms with Gasteiger partial charge in [-0.25, -0.2) is 0 Å². The standard InChI is InChI=1S/C13H14BrNO3/c1-2-18-13(17)9-7-8(9)12(16)15-11-6-4-3-5-10(11)14/h3-6,8-9H,2,7H2,1H3,(H,15,16)/t8-,9-/m0/s1. The molecule has 0 heterocycles. The second-order valence-electron chi connectivity index (χ2n) is 4.17. The van der Waals surface area contributed by atoms with Gasteiger partial charge in [-0.3, -0.25) is 9.59 Å². The first-order valence-electron chi connectivity index (χ1n) is 5.85. The van der Waals surface area contributed by atoms with Gasteiger partial charge in [0.05, 0.1) is 24.1 Å². The van der Waals surface area contributed by atoms with Gasteiger partial charge >= 0.3 is 5.97 Å². The van der Waals surface area contributed by atoms with Crippen LogP contribution in [0.1, 0.15) is 13.3 Å². The molecule has 1 fully saturated rings. The SMILES string of the molecule is CCOC(=O)[C@H]1C[C@@H]1C(=O)Nc1ccccc1Br. The number of ether oxygens (including phenoxy) is 1. The van der Waals surface area contributed by atoms with Crippen LogP contribution in [0.15, 0.2) is 28.7 Å². The van der Waals surface area contributed by atoms with Crippen LogP contribution in [0.3, 0.4) is 0 Å². The number of anilines is 1. The lowest BCUT2D eigenvalue weighted by Crippen LogP contribution is -2.18. The first-order valence-corrected chi connectivity index (χ1v) is 6.64. The van der Waals surface area contributed by atoms with Gasteiger partial charge in [0.15, 0.2) is 0 Å². The largest absolute Gasteiger partial charge is 0.466 e. The van der Waals surface area contributed by atoms with Crippen LogP contribution >= 0.6 is 15.9 Å². The van der Waals surface area contributed by atoms with Crippen molar-refractivity contribution in [3.63, 3.8) is 0 Å². The van der Waals surface area contributed by atoms with Crippen LogP contribution in [0, 0.1) is 11.8 Å². The van der Waals surface area contributed by atoms with Crippen LogP contribution < -0.4 is 5.32 Å². The van der Waals surface area contributed by atoms with Crippen molar-refractivity contribution in [3.8, 4) is 0 Å². The second-order valence-corrected chi connectivity index (χ2v) is 5.02. The molecule has 2 rings (SSSR count). The second kappa shape index (κ2) is 5.52. The van der Waals surface area contributed by atoms with E-state index in [0.29, 0.717) is 13.0 Å². The molecule has 4 nitrogen and oxygen atoms in total. The molecule has 1 N–H and O–H groups in total. The molecule has 18 heavy (non-hydrogen) atoms. The van der Waals surface area contributed by atoms with E-state index < -0.39 is 0 Å². The van der Waals surface area contributed by atoms with Crippen LogP contribution in [0.25, 0.3) is 0 Å². The fraction of sp³-hybridized carbons (Fsp3) is 0.385. The maximum atomic E-state index is 11.9. The summed E-state index contributed by atoms with van der Waals surface area (Å²) in [5.41, 5.74) is 0.719. The Morgan fingerprint density at radius 2 is 2.11 bits per heavy atom. The Kier molecular flexibility index (Phi) is 4.01. The molecule has 0 aliphatic heterocycles. The molecule has 5 heteroatoms. The number of halogens is 1. The average Bonchev–Trinajstić information content (AvgIpc) is 3.12. The van der Waals surface area contributed by atoms with E-state index in [2.05, 4.69) is 21.2 Å². The van der Waals surface area contributed by atoms with Gasteiger partial charge in [0.25, 0.3) is 0 Å². The minimum absolute atomic E-state index is 0.125. The first-order chi connectivity index (χ1) is 8.63. The van der Waals surface area contributed by atoms with Crippen molar-refractivity contribution in [3.05, 3.63) is 28.7 Å². The first kappa shape index (κ1) is 13.1. The molecule has 0 aromatic heterocycles. The smallest absolute Gasteiger partial charge is 0.309 e. The fourth-order valence-electron chi connectivity index (χ4n) is 1.78. The van der Waals surface area contributed by atoms with Gasteiger partial charge in [-0.15, -0.1) is 0 Å². The Balaban J connectivity index is 1.91. The highest BCUT2D eigenvalue weighted by Gasteiger charge is 2.49. The zero-order chi connectivity index (χ0) is 13.1. The summed E-state index contributed by atoms with van der Waals surface area (Å²) in [4.78, 5) is 23.3. The molecular formula is C13H14BrNO3. The van der Waals surface area contributed by atoms with Crippen molar-refractivity contribution in [2.45, 2.75) is 13.3 Å². The minimum atomic E-state index is -0.273. The molecule has 0 bridgehead atoms. The monoisotopic (exact) mass is 311 g/mol. The lowest BCUT2D eigenvalue weighted by atomic mass is 10.2. The Morgan fingerprint density at radius 3 is 2.78 bits per heavy atom. The van der Waals surface area contributed by atoms with Crippen molar-refractivity contribution in [1.82, 2.24) is 0 Å². The number of carbonyl (C=O) groups excluding carboxylic acids is 2. The third-order valence-electron chi connectivity index (χ3n) is 2.85. The summed E-state index contributed by atoms with van der Waals surface area (Å²) in [5.74, 6) is -0.923. The number of hydrogen-bond donors (Lipinski definition) is 1. The van der Waals surface area contributed by atoms with E-state index in [0.717, 1.165) is 10.2 Å². The van der Waals surface area contributed by atoms with Crippen LogP contribution in [-0.2, 0) is 14.3 Å². The maximum Gasteiger partial charge on any atom is 0.309 e. The summed E-state index contributed by atoms with van der Waals surface area (Å²) in [6.45, 7) is 2.12. The summed E-state index contributed by atoms with van der Waals surface area (Å²) in [6.07, 6.45) is 0.578. The summed E-state index contributed by atoms with van der Waals surface area (Å²) < 4.78 is 5.72. The highest BCUT2D eigenvalue weighted by molar-refractivity contribution is 9.10. The zero-order valence-corrected chi connectivity index (χ0v) is 11.6. The van der Waals surface area contributed by atoms with Crippen molar-refractivity contribution >= 4 is 33.5 Å². The number of amides is 1. The van der Waals surface area contributed by atoms with Crippen LogP contribution in [0.2, 0.25) is 0 Å². The highest BCUT2D eigenvalue weighted by Crippen LogP contribution is 2.40. The topological polar surface area (TPSA) is 55.4 Å². The number of para-hydroxylation sites is 1. The fourth-order valence-corrected chi connectivity index (χ4v) is 2.17. The minimum Gasteiger partial charge on any atom is -0.466 e. The van der Waals surface area contributed by atoms with Crippen molar-refractivity contribution in [2.24, 2.45) is 11.8 Å². The normalized spacial score (nSPS) is 21.2. The zero-order valence-electron chi connectivity index (χ0n) is 9.98. The van der Waals surface area contributed by atoms with E-state index in [-0.39, 0.29) is 23.7 Å². The molecule has 1 aromatic rings. The number of esters is 1. The van der Waals surface area contributed by atoms with Gasteiger partial charge in [-0.1, -0.05) is 12.1 Å². The Labute approximate surface area is 114 Å². The number of rotatable bonds is 4. The molecule has 2 atom stereocenters. The molecule has 0 saturated heterocycles. The van der Waals surface area contributed by atoms with Crippen molar-refractivity contribution < 1.29 is 14.3 Å². The molecule has 0 spiro atoms. The molecular weight excluding hydrogens is 298 g/mol. The van der Waals surface area contributed by atoms with Crippen LogP contribution in [0.5, 0.6) is 0 Å². The summed E-state index contributed by atoms with van der Waals surface area (Å²) in [5, 5.41) is 2.81. The molecule has 0 unspecified atom stereocenters.